The third-order valence-electron chi connectivity index (χ3n) is 4.87. The Bertz CT molecular complexity index is 948. The zero-order valence-electron chi connectivity index (χ0n) is 15.4. The van der Waals surface area contributed by atoms with E-state index in [0.29, 0.717) is 61.1 Å². The summed E-state index contributed by atoms with van der Waals surface area (Å²) in [4.78, 5) is 18.5. The number of rotatable bonds is 5. The number of anilines is 2. The Labute approximate surface area is 160 Å². The number of hydrogen-bond acceptors (Lipinski definition) is 7. The molecule has 1 saturated heterocycles. The van der Waals surface area contributed by atoms with Gasteiger partial charge in [0.2, 0.25) is 5.91 Å². The average Bonchev–Trinajstić information content (AvgIpc) is 3.40. The van der Waals surface area contributed by atoms with Gasteiger partial charge >= 0.3 is 0 Å². The Morgan fingerprint density at radius 2 is 2.11 bits per heavy atom. The number of nitrogens with zero attached hydrogens (tertiary/aromatic N) is 4. The van der Waals surface area contributed by atoms with E-state index in [1.807, 2.05) is 11.8 Å². The number of piperidine rings is 1. The highest BCUT2D eigenvalue weighted by atomic mass is 19.1. The van der Waals surface area contributed by atoms with Crippen LogP contribution in [0.2, 0.25) is 0 Å². The van der Waals surface area contributed by atoms with Crippen LogP contribution in [0.3, 0.4) is 0 Å². The molecule has 0 atom stereocenters. The maximum absolute atomic E-state index is 14.7. The van der Waals surface area contributed by atoms with E-state index in [1.165, 1.54) is 12.3 Å². The number of aryl methyl sites for hydroxylation is 1. The molecule has 0 aliphatic carbocycles. The molecule has 28 heavy (non-hydrogen) atoms. The van der Waals surface area contributed by atoms with Gasteiger partial charge in [-0.2, -0.15) is 4.98 Å². The van der Waals surface area contributed by atoms with Gasteiger partial charge in [0.1, 0.15) is 12.1 Å². The molecule has 3 aromatic rings. The van der Waals surface area contributed by atoms with Crippen molar-refractivity contribution in [3.8, 4) is 11.5 Å². The van der Waals surface area contributed by atoms with Crippen LogP contribution >= 0.6 is 0 Å². The lowest BCUT2D eigenvalue weighted by molar-refractivity contribution is -0.120. The quantitative estimate of drug-likeness (QED) is 0.720. The zero-order valence-corrected chi connectivity index (χ0v) is 15.4. The Balaban J connectivity index is 1.39. The van der Waals surface area contributed by atoms with Crippen LogP contribution in [0.5, 0.6) is 0 Å². The fraction of sp³-hybridized carbons (Fsp3) is 0.368. The summed E-state index contributed by atoms with van der Waals surface area (Å²) in [6, 6.07) is 6.49. The highest BCUT2D eigenvalue weighted by Crippen LogP contribution is 2.29. The van der Waals surface area contributed by atoms with E-state index >= 15 is 0 Å². The van der Waals surface area contributed by atoms with Crippen molar-refractivity contribution in [3.63, 3.8) is 0 Å². The lowest BCUT2D eigenvalue weighted by Gasteiger charge is -2.33. The molecule has 3 heterocycles. The van der Waals surface area contributed by atoms with Crippen molar-refractivity contribution >= 4 is 17.4 Å². The van der Waals surface area contributed by atoms with Crippen LogP contribution in [0.4, 0.5) is 15.9 Å². The third kappa shape index (κ3) is 3.73. The summed E-state index contributed by atoms with van der Waals surface area (Å²) in [7, 11) is 0. The standard InChI is InChI=1S/C19H20FN5O3/c1-2-16-22-19(28-24-16)13-3-4-15(14(20)11-13)25-8-5-12(6-9-25)18(26)21-17-7-10-27-23-17/h3-4,7,10-12H,2,5-6,8-9H2,1H3,(H,21,23,26). The molecular formula is C19H20FN5O3. The van der Waals surface area contributed by atoms with Gasteiger partial charge in [-0.15, -0.1) is 0 Å². The van der Waals surface area contributed by atoms with Crippen LogP contribution in [0.1, 0.15) is 25.6 Å². The molecule has 4 rings (SSSR count). The SMILES string of the molecule is CCc1noc(-c2ccc(N3CCC(C(=O)Nc4ccon4)CC3)c(F)c2)n1. The monoisotopic (exact) mass is 385 g/mol. The molecule has 0 radical (unpaired) electrons. The van der Waals surface area contributed by atoms with Crippen molar-refractivity contribution in [3.05, 3.63) is 42.2 Å². The molecule has 1 aliphatic rings. The lowest BCUT2D eigenvalue weighted by atomic mass is 9.95. The van der Waals surface area contributed by atoms with E-state index in [1.54, 1.807) is 18.2 Å². The Morgan fingerprint density at radius 1 is 1.29 bits per heavy atom. The number of carbonyl (C=O) groups excluding carboxylic acids is 1. The number of halogens is 1. The van der Waals surface area contributed by atoms with Crippen molar-refractivity contribution in [1.82, 2.24) is 15.3 Å². The largest absolute Gasteiger partial charge is 0.369 e. The van der Waals surface area contributed by atoms with E-state index in [0.717, 1.165) is 0 Å². The Morgan fingerprint density at radius 3 is 2.75 bits per heavy atom. The number of carbonyl (C=O) groups is 1. The van der Waals surface area contributed by atoms with Gasteiger partial charge in [-0.3, -0.25) is 4.79 Å². The van der Waals surface area contributed by atoms with Crippen LogP contribution in [0.15, 0.2) is 39.6 Å². The van der Waals surface area contributed by atoms with E-state index in [2.05, 4.69) is 20.6 Å². The summed E-state index contributed by atoms with van der Waals surface area (Å²) in [5.41, 5.74) is 1.06. The van der Waals surface area contributed by atoms with Crippen LogP contribution in [-0.2, 0) is 11.2 Å². The minimum atomic E-state index is -0.348. The zero-order chi connectivity index (χ0) is 19.5. The van der Waals surface area contributed by atoms with E-state index < -0.39 is 0 Å². The molecule has 0 spiro atoms. The van der Waals surface area contributed by atoms with Gasteiger partial charge < -0.3 is 19.3 Å². The lowest BCUT2D eigenvalue weighted by Crippen LogP contribution is -2.38. The van der Waals surface area contributed by atoms with E-state index in [4.69, 9.17) is 9.05 Å². The van der Waals surface area contributed by atoms with Gasteiger partial charge in [-0.1, -0.05) is 17.2 Å². The molecule has 1 N–H and O–H groups in total. The van der Waals surface area contributed by atoms with Gasteiger partial charge in [-0.05, 0) is 31.0 Å². The summed E-state index contributed by atoms with van der Waals surface area (Å²) in [5, 5.41) is 10.2. The van der Waals surface area contributed by atoms with Crippen LogP contribution in [0.25, 0.3) is 11.5 Å². The van der Waals surface area contributed by atoms with Crippen molar-refractivity contribution in [2.24, 2.45) is 5.92 Å². The fourth-order valence-corrected chi connectivity index (χ4v) is 3.30. The van der Waals surface area contributed by atoms with Gasteiger partial charge in [0, 0.05) is 37.1 Å². The van der Waals surface area contributed by atoms with Crippen molar-refractivity contribution in [2.75, 3.05) is 23.3 Å². The number of nitrogens with one attached hydrogen (secondary N) is 1. The Kier molecular flexibility index (Phi) is 5.05. The van der Waals surface area contributed by atoms with Crippen molar-refractivity contribution in [1.29, 1.82) is 0 Å². The maximum Gasteiger partial charge on any atom is 0.258 e. The van der Waals surface area contributed by atoms with E-state index in [9.17, 15) is 9.18 Å². The minimum absolute atomic E-state index is 0.0903. The molecule has 0 saturated carbocycles. The van der Waals surface area contributed by atoms with Crippen molar-refractivity contribution < 1.29 is 18.2 Å². The summed E-state index contributed by atoms with van der Waals surface area (Å²) in [5.74, 6) is 0.727. The van der Waals surface area contributed by atoms with Crippen LogP contribution in [0, 0.1) is 11.7 Å². The topological polar surface area (TPSA) is 97.3 Å². The molecule has 1 fully saturated rings. The molecule has 8 nitrogen and oxygen atoms in total. The number of amides is 1. The number of aromatic nitrogens is 3. The normalized spacial score (nSPS) is 15.0. The first-order valence-corrected chi connectivity index (χ1v) is 9.22. The van der Waals surface area contributed by atoms with Crippen molar-refractivity contribution in [2.45, 2.75) is 26.2 Å². The Hall–Kier alpha value is -3.23. The molecule has 9 heteroatoms. The minimum Gasteiger partial charge on any atom is -0.369 e. The molecule has 1 amide bonds. The first-order chi connectivity index (χ1) is 13.6. The first-order valence-electron chi connectivity index (χ1n) is 9.22. The fourth-order valence-electron chi connectivity index (χ4n) is 3.30. The van der Waals surface area contributed by atoms with Gasteiger partial charge in [0.15, 0.2) is 11.6 Å². The third-order valence-corrected chi connectivity index (χ3v) is 4.87. The number of hydrogen-bond donors (Lipinski definition) is 1. The molecule has 2 aromatic heterocycles. The second kappa shape index (κ2) is 7.79. The summed E-state index contributed by atoms with van der Waals surface area (Å²) < 4.78 is 24.6. The van der Waals surface area contributed by atoms with Gasteiger partial charge in [0.25, 0.3) is 5.89 Å². The maximum atomic E-state index is 14.7. The molecule has 1 aromatic carbocycles. The molecule has 146 valence electrons. The predicted molar refractivity (Wildman–Crippen MR) is 99.1 cm³/mol. The molecule has 0 unspecified atom stereocenters. The summed E-state index contributed by atoms with van der Waals surface area (Å²) in [6.45, 7) is 3.11. The average molecular weight is 385 g/mol. The van der Waals surface area contributed by atoms with Gasteiger partial charge in [0.05, 0.1) is 5.69 Å². The number of benzene rings is 1. The summed E-state index contributed by atoms with van der Waals surface area (Å²) in [6.07, 6.45) is 3.33. The van der Waals surface area contributed by atoms with Gasteiger partial charge in [-0.25, -0.2) is 4.39 Å². The predicted octanol–water partition coefficient (Wildman–Crippen LogP) is 3.28. The second-order valence-electron chi connectivity index (χ2n) is 6.67. The van der Waals surface area contributed by atoms with Crippen LogP contribution in [-0.4, -0.2) is 34.3 Å². The molecule has 1 aliphatic heterocycles. The second-order valence-corrected chi connectivity index (χ2v) is 6.67. The molecular weight excluding hydrogens is 365 g/mol. The highest BCUT2D eigenvalue weighted by molar-refractivity contribution is 5.91. The summed E-state index contributed by atoms with van der Waals surface area (Å²) >= 11 is 0. The van der Waals surface area contributed by atoms with Crippen LogP contribution < -0.4 is 10.2 Å². The first kappa shape index (κ1) is 18.1. The smallest absolute Gasteiger partial charge is 0.258 e. The highest BCUT2D eigenvalue weighted by Gasteiger charge is 2.27. The molecule has 0 bridgehead atoms. The van der Waals surface area contributed by atoms with E-state index in [-0.39, 0.29) is 17.6 Å².